The molecule has 0 unspecified atom stereocenters. The van der Waals surface area contributed by atoms with Gasteiger partial charge in [0.05, 0.1) is 4.92 Å². The van der Waals surface area contributed by atoms with Crippen molar-refractivity contribution < 1.29 is 9.72 Å². The van der Waals surface area contributed by atoms with Gasteiger partial charge in [-0.2, -0.15) is 11.3 Å². The lowest BCUT2D eigenvalue weighted by Gasteiger charge is -2.14. The summed E-state index contributed by atoms with van der Waals surface area (Å²) in [4.78, 5) is 27.1. The highest BCUT2D eigenvalue weighted by atomic mass is 32.1. The maximum absolute atomic E-state index is 11.7. The fraction of sp³-hybridized carbons (Fsp3) is 0.125. The Morgan fingerprint density at radius 3 is 2.75 bits per heavy atom. The van der Waals surface area contributed by atoms with Crippen LogP contribution in [-0.4, -0.2) is 20.4 Å². The third kappa shape index (κ3) is 2.46. The van der Waals surface area contributed by atoms with Gasteiger partial charge in [0.15, 0.2) is 0 Å². The van der Waals surface area contributed by atoms with Gasteiger partial charge in [0.1, 0.15) is 11.5 Å². The molecule has 0 fully saturated rings. The molecule has 0 aliphatic carbocycles. The molecule has 8 heteroatoms. The second-order valence-electron chi connectivity index (χ2n) is 5.32. The number of primary amides is 1. The van der Waals surface area contributed by atoms with Gasteiger partial charge in [0.25, 0.3) is 5.69 Å². The lowest BCUT2D eigenvalue weighted by Crippen LogP contribution is -2.16. The Balaban J connectivity index is 2.34. The van der Waals surface area contributed by atoms with Crippen LogP contribution in [0.3, 0.4) is 0 Å². The van der Waals surface area contributed by atoms with Crippen LogP contribution in [0.4, 0.5) is 5.69 Å². The van der Waals surface area contributed by atoms with Crippen LogP contribution in [0.25, 0.3) is 17.1 Å². The molecule has 0 spiro atoms. The summed E-state index contributed by atoms with van der Waals surface area (Å²) in [7, 11) is 0. The summed E-state index contributed by atoms with van der Waals surface area (Å²) in [5, 5.41) is 15.5. The molecule has 122 valence electrons. The number of rotatable bonds is 4. The molecule has 2 heterocycles. The third-order valence-corrected chi connectivity index (χ3v) is 4.51. The van der Waals surface area contributed by atoms with Crippen molar-refractivity contribution in [3.05, 3.63) is 62.1 Å². The Hall–Kier alpha value is -3.00. The van der Waals surface area contributed by atoms with Crippen LogP contribution in [-0.2, 0) is 0 Å². The molecule has 3 aromatic rings. The molecule has 1 amide bonds. The minimum Gasteiger partial charge on any atom is -0.366 e. The van der Waals surface area contributed by atoms with Gasteiger partial charge in [-0.15, -0.1) is 0 Å². The first-order valence-electron chi connectivity index (χ1n) is 7.06. The first kappa shape index (κ1) is 15.9. The maximum Gasteiger partial charge on any atom is 0.297 e. The van der Waals surface area contributed by atoms with Crippen molar-refractivity contribution >= 4 is 22.9 Å². The van der Waals surface area contributed by atoms with Crippen molar-refractivity contribution in [2.75, 3.05) is 0 Å². The normalized spacial score (nSPS) is 10.8. The van der Waals surface area contributed by atoms with Crippen molar-refractivity contribution in [3.63, 3.8) is 0 Å². The predicted molar refractivity (Wildman–Crippen MR) is 91.5 cm³/mol. The molecule has 0 aliphatic heterocycles. The van der Waals surface area contributed by atoms with E-state index in [1.807, 2.05) is 16.8 Å². The number of imidazole rings is 1. The molecule has 2 aromatic heterocycles. The monoisotopic (exact) mass is 342 g/mol. The number of carbonyl (C=O) groups excluding carboxylic acids is 1. The van der Waals surface area contributed by atoms with E-state index in [4.69, 9.17) is 5.73 Å². The molecular formula is C16H14N4O3S. The summed E-state index contributed by atoms with van der Waals surface area (Å²) in [6, 6.07) is 3.48. The van der Waals surface area contributed by atoms with E-state index in [9.17, 15) is 14.9 Å². The standard InChI is InChI=1S/C16H14N4O3S/c1-9-7-12(15(17)21)10(2)14(20(22)23)13(9)19-5-4-18-16(19)11-3-6-24-8-11/h3-8H,1-2H3,(H2,17,21). The van der Waals surface area contributed by atoms with E-state index < -0.39 is 10.8 Å². The third-order valence-electron chi connectivity index (χ3n) is 3.83. The molecule has 0 bridgehead atoms. The van der Waals surface area contributed by atoms with Crippen molar-refractivity contribution in [2.45, 2.75) is 13.8 Å². The van der Waals surface area contributed by atoms with Crippen LogP contribution < -0.4 is 5.73 Å². The molecule has 0 aliphatic rings. The topological polar surface area (TPSA) is 104 Å². The number of carbonyl (C=O) groups is 1. The van der Waals surface area contributed by atoms with E-state index in [0.717, 1.165) is 5.56 Å². The van der Waals surface area contributed by atoms with E-state index in [-0.39, 0.29) is 16.8 Å². The van der Waals surface area contributed by atoms with Gasteiger partial charge in [0.2, 0.25) is 5.91 Å². The highest BCUT2D eigenvalue weighted by molar-refractivity contribution is 7.08. The van der Waals surface area contributed by atoms with Gasteiger partial charge in [-0.1, -0.05) is 0 Å². The van der Waals surface area contributed by atoms with E-state index in [1.165, 1.54) is 18.3 Å². The van der Waals surface area contributed by atoms with Crippen molar-refractivity contribution in [1.82, 2.24) is 9.55 Å². The zero-order valence-electron chi connectivity index (χ0n) is 13.0. The SMILES string of the molecule is Cc1cc(C(N)=O)c(C)c([N+](=O)[O-])c1-n1ccnc1-c1ccsc1. The first-order chi connectivity index (χ1) is 11.4. The Labute approximate surface area is 141 Å². The smallest absolute Gasteiger partial charge is 0.297 e. The molecule has 24 heavy (non-hydrogen) atoms. The van der Waals surface area contributed by atoms with Crippen molar-refractivity contribution in [3.8, 4) is 17.1 Å². The summed E-state index contributed by atoms with van der Waals surface area (Å²) in [6.07, 6.45) is 3.26. The second kappa shape index (κ2) is 5.89. The highest BCUT2D eigenvalue weighted by Gasteiger charge is 2.27. The van der Waals surface area contributed by atoms with Crippen LogP contribution in [0, 0.1) is 24.0 Å². The van der Waals surface area contributed by atoms with E-state index in [1.54, 1.807) is 30.0 Å². The Morgan fingerprint density at radius 2 is 2.17 bits per heavy atom. The fourth-order valence-electron chi connectivity index (χ4n) is 2.76. The van der Waals surface area contributed by atoms with Gasteiger partial charge < -0.3 is 5.73 Å². The Bertz CT molecular complexity index is 945. The number of aromatic nitrogens is 2. The average Bonchev–Trinajstić information content (AvgIpc) is 3.17. The van der Waals surface area contributed by atoms with Crippen LogP contribution >= 0.6 is 11.3 Å². The number of nitrogens with zero attached hydrogens (tertiary/aromatic N) is 3. The van der Waals surface area contributed by atoms with Gasteiger partial charge >= 0.3 is 0 Å². The highest BCUT2D eigenvalue weighted by Crippen LogP contribution is 2.35. The first-order valence-corrected chi connectivity index (χ1v) is 8.00. The maximum atomic E-state index is 11.7. The molecule has 7 nitrogen and oxygen atoms in total. The lowest BCUT2D eigenvalue weighted by molar-refractivity contribution is -0.385. The molecule has 1 aromatic carbocycles. The molecule has 2 N–H and O–H groups in total. The van der Waals surface area contributed by atoms with Crippen LogP contribution in [0.5, 0.6) is 0 Å². The quantitative estimate of drug-likeness (QED) is 0.580. The second-order valence-corrected chi connectivity index (χ2v) is 6.10. The number of thiophene rings is 1. The minimum atomic E-state index is -0.686. The summed E-state index contributed by atoms with van der Waals surface area (Å²) in [5.74, 6) is -0.0809. The number of nitro groups is 1. The summed E-state index contributed by atoms with van der Waals surface area (Å²) >= 11 is 1.52. The molecule has 0 saturated carbocycles. The number of benzene rings is 1. The molecule has 0 atom stereocenters. The van der Waals surface area contributed by atoms with Crippen molar-refractivity contribution in [1.29, 1.82) is 0 Å². The largest absolute Gasteiger partial charge is 0.366 e. The van der Waals surface area contributed by atoms with Gasteiger partial charge in [-0.3, -0.25) is 19.5 Å². The van der Waals surface area contributed by atoms with Crippen LogP contribution in [0.2, 0.25) is 0 Å². The summed E-state index contributed by atoms with van der Waals surface area (Å²) in [6.45, 7) is 3.24. The Morgan fingerprint density at radius 1 is 1.42 bits per heavy atom. The lowest BCUT2D eigenvalue weighted by atomic mass is 10.00. The Kier molecular flexibility index (Phi) is 3.90. The predicted octanol–water partition coefficient (Wildman–Crippen LogP) is 3.22. The van der Waals surface area contributed by atoms with E-state index >= 15 is 0 Å². The van der Waals surface area contributed by atoms with Gasteiger partial charge in [-0.05, 0) is 36.9 Å². The number of nitro benzene ring substituents is 1. The minimum absolute atomic E-state index is 0.140. The van der Waals surface area contributed by atoms with Crippen molar-refractivity contribution in [2.24, 2.45) is 5.73 Å². The molecule has 3 rings (SSSR count). The molecule has 0 saturated heterocycles. The zero-order valence-corrected chi connectivity index (χ0v) is 13.8. The van der Waals surface area contributed by atoms with Gasteiger partial charge in [0, 0.05) is 34.5 Å². The fourth-order valence-corrected chi connectivity index (χ4v) is 3.39. The van der Waals surface area contributed by atoms with E-state index in [2.05, 4.69) is 4.98 Å². The summed E-state index contributed by atoms with van der Waals surface area (Å²) in [5.41, 5.74) is 7.45. The zero-order chi connectivity index (χ0) is 17.4. The number of hydrogen-bond donors (Lipinski definition) is 1. The number of amides is 1. The molecule has 0 radical (unpaired) electrons. The van der Waals surface area contributed by atoms with Gasteiger partial charge in [-0.25, -0.2) is 4.98 Å². The summed E-state index contributed by atoms with van der Waals surface area (Å²) < 4.78 is 1.67. The average molecular weight is 342 g/mol. The number of aryl methyl sites for hydroxylation is 1. The number of nitrogens with two attached hydrogens (primary N) is 1. The number of hydrogen-bond acceptors (Lipinski definition) is 5. The van der Waals surface area contributed by atoms with Crippen LogP contribution in [0.15, 0.2) is 35.3 Å². The van der Waals surface area contributed by atoms with Crippen LogP contribution in [0.1, 0.15) is 21.5 Å². The molecular weight excluding hydrogens is 328 g/mol. The van der Waals surface area contributed by atoms with E-state index in [0.29, 0.717) is 17.1 Å².